The minimum atomic E-state index is -4.44. The molecule has 4 nitrogen and oxygen atoms in total. The van der Waals surface area contributed by atoms with Gasteiger partial charge in [-0.2, -0.15) is 13.2 Å². The maximum Gasteiger partial charge on any atom is 0.416 e. The van der Waals surface area contributed by atoms with Gasteiger partial charge in [0, 0.05) is 6.20 Å². The van der Waals surface area contributed by atoms with E-state index < -0.39 is 11.7 Å². The molecule has 0 saturated carbocycles. The van der Waals surface area contributed by atoms with Gasteiger partial charge in [-0.3, -0.25) is 4.79 Å². The van der Waals surface area contributed by atoms with E-state index in [0.29, 0.717) is 6.42 Å². The number of rotatable bonds is 2. The molecule has 0 spiro atoms. The van der Waals surface area contributed by atoms with Crippen molar-refractivity contribution in [1.82, 2.24) is 10.3 Å². The zero-order chi connectivity index (χ0) is 13.9. The van der Waals surface area contributed by atoms with Crippen LogP contribution in [-0.2, 0) is 11.0 Å². The number of carbonyl (C=O) groups is 1. The molecule has 1 fully saturated rings. The number of hydrogen-bond donors (Lipinski definition) is 2. The van der Waals surface area contributed by atoms with Crippen molar-refractivity contribution in [3.05, 3.63) is 23.9 Å². The van der Waals surface area contributed by atoms with Gasteiger partial charge >= 0.3 is 6.18 Å². The van der Waals surface area contributed by atoms with Crippen molar-refractivity contribution in [1.29, 1.82) is 0 Å². The van der Waals surface area contributed by atoms with Crippen LogP contribution in [0.3, 0.4) is 0 Å². The summed E-state index contributed by atoms with van der Waals surface area (Å²) in [7, 11) is 0. The normalized spacial score (nSPS) is 20.1. The standard InChI is InChI=1S/C12H14F3N3O/c13-12(14,15)8-4-6-17-10(7-8)18-11(19)9-3-1-2-5-16-9/h4,6-7,9,16H,1-3,5H2,(H,17,18,19)/t9-/m0/s1. The number of pyridine rings is 1. The van der Waals surface area contributed by atoms with Gasteiger partial charge in [-0.1, -0.05) is 6.42 Å². The van der Waals surface area contributed by atoms with Crippen molar-refractivity contribution >= 4 is 11.7 Å². The quantitative estimate of drug-likeness (QED) is 0.868. The fraction of sp³-hybridized carbons (Fsp3) is 0.500. The second-order valence-electron chi connectivity index (χ2n) is 4.42. The van der Waals surface area contributed by atoms with Gasteiger partial charge in [-0.25, -0.2) is 4.98 Å². The van der Waals surface area contributed by atoms with Gasteiger partial charge in [0.1, 0.15) is 5.82 Å². The van der Waals surface area contributed by atoms with E-state index >= 15 is 0 Å². The summed E-state index contributed by atoms with van der Waals surface area (Å²) < 4.78 is 37.5. The molecular formula is C12H14F3N3O. The summed E-state index contributed by atoms with van der Waals surface area (Å²) in [6, 6.07) is 1.35. The first-order chi connectivity index (χ1) is 8.97. The summed E-state index contributed by atoms with van der Waals surface area (Å²) in [5, 5.41) is 5.43. The maximum absolute atomic E-state index is 12.5. The molecule has 1 aliphatic heterocycles. The molecular weight excluding hydrogens is 259 g/mol. The van der Waals surface area contributed by atoms with Gasteiger partial charge in [0.05, 0.1) is 11.6 Å². The SMILES string of the molecule is O=C(Nc1cc(C(F)(F)F)ccn1)[C@@H]1CCCCN1. The Morgan fingerprint density at radius 1 is 1.42 bits per heavy atom. The molecule has 7 heteroatoms. The number of alkyl halides is 3. The van der Waals surface area contributed by atoms with Crippen LogP contribution in [-0.4, -0.2) is 23.5 Å². The third kappa shape index (κ3) is 3.66. The van der Waals surface area contributed by atoms with Crippen molar-refractivity contribution < 1.29 is 18.0 Å². The summed E-state index contributed by atoms with van der Waals surface area (Å²) >= 11 is 0. The number of anilines is 1. The van der Waals surface area contributed by atoms with Crippen molar-refractivity contribution in [3.63, 3.8) is 0 Å². The number of halogens is 3. The molecule has 1 saturated heterocycles. The maximum atomic E-state index is 12.5. The zero-order valence-corrected chi connectivity index (χ0v) is 10.1. The number of aromatic nitrogens is 1. The van der Waals surface area contributed by atoms with E-state index in [0.717, 1.165) is 37.7 Å². The van der Waals surface area contributed by atoms with Gasteiger partial charge in [0.25, 0.3) is 0 Å². The van der Waals surface area contributed by atoms with Crippen LogP contribution in [0.1, 0.15) is 24.8 Å². The zero-order valence-electron chi connectivity index (χ0n) is 10.1. The summed E-state index contributed by atoms with van der Waals surface area (Å²) in [6.45, 7) is 0.744. The summed E-state index contributed by atoms with van der Waals surface area (Å²) in [5.74, 6) is -0.418. The van der Waals surface area contributed by atoms with Crippen LogP contribution >= 0.6 is 0 Å². The fourth-order valence-corrected chi connectivity index (χ4v) is 1.96. The monoisotopic (exact) mass is 273 g/mol. The summed E-state index contributed by atoms with van der Waals surface area (Å²) in [5.41, 5.74) is -0.825. The highest BCUT2D eigenvalue weighted by Gasteiger charge is 2.31. The average molecular weight is 273 g/mol. The first-order valence-electron chi connectivity index (χ1n) is 6.04. The molecule has 104 valence electrons. The van der Waals surface area contributed by atoms with E-state index in [9.17, 15) is 18.0 Å². The van der Waals surface area contributed by atoms with Crippen molar-refractivity contribution in [2.45, 2.75) is 31.5 Å². The van der Waals surface area contributed by atoms with E-state index in [2.05, 4.69) is 15.6 Å². The molecule has 2 rings (SSSR count). The number of nitrogens with zero attached hydrogens (tertiary/aromatic N) is 1. The molecule has 1 aliphatic rings. The Morgan fingerprint density at radius 3 is 2.84 bits per heavy atom. The van der Waals surface area contributed by atoms with E-state index in [-0.39, 0.29) is 17.8 Å². The lowest BCUT2D eigenvalue weighted by Gasteiger charge is -2.22. The second kappa shape index (κ2) is 5.56. The van der Waals surface area contributed by atoms with Gasteiger partial charge in [-0.05, 0) is 31.5 Å². The highest BCUT2D eigenvalue weighted by Crippen LogP contribution is 2.29. The Morgan fingerprint density at radius 2 is 2.21 bits per heavy atom. The number of carbonyl (C=O) groups excluding carboxylic acids is 1. The Bertz CT molecular complexity index is 456. The Kier molecular flexibility index (Phi) is 4.04. The molecule has 0 aliphatic carbocycles. The lowest BCUT2D eigenvalue weighted by molar-refractivity contribution is -0.137. The highest BCUT2D eigenvalue weighted by molar-refractivity contribution is 5.94. The molecule has 1 aromatic heterocycles. The third-order valence-corrected chi connectivity index (χ3v) is 2.97. The predicted molar refractivity (Wildman–Crippen MR) is 63.5 cm³/mol. The number of piperidine rings is 1. The smallest absolute Gasteiger partial charge is 0.309 e. The van der Waals surface area contributed by atoms with Crippen molar-refractivity contribution in [3.8, 4) is 0 Å². The van der Waals surface area contributed by atoms with Crippen molar-refractivity contribution in [2.75, 3.05) is 11.9 Å². The molecule has 0 unspecified atom stereocenters. The first kappa shape index (κ1) is 13.8. The Hall–Kier alpha value is -1.63. The summed E-state index contributed by atoms with van der Waals surface area (Å²) in [6.07, 6.45) is -0.782. The minimum absolute atomic E-state index is 0.0767. The van der Waals surface area contributed by atoms with E-state index in [1.165, 1.54) is 0 Å². The van der Waals surface area contributed by atoms with Crippen LogP contribution in [0.5, 0.6) is 0 Å². The number of nitrogens with one attached hydrogen (secondary N) is 2. The number of amides is 1. The Balaban J connectivity index is 2.04. The molecule has 1 atom stereocenters. The lowest BCUT2D eigenvalue weighted by Crippen LogP contribution is -2.43. The van der Waals surface area contributed by atoms with Crippen LogP contribution in [0.15, 0.2) is 18.3 Å². The molecule has 0 radical (unpaired) electrons. The first-order valence-corrected chi connectivity index (χ1v) is 6.04. The molecule has 2 heterocycles. The van der Waals surface area contributed by atoms with Gasteiger partial charge in [0.15, 0.2) is 0 Å². The van der Waals surface area contributed by atoms with Crippen LogP contribution < -0.4 is 10.6 Å². The van der Waals surface area contributed by atoms with E-state index in [1.807, 2.05) is 0 Å². The van der Waals surface area contributed by atoms with Gasteiger partial charge in [0.2, 0.25) is 5.91 Å². The van der Waals surface area contributed by atoms with Gasteiger partial charge < -0.3 is 10.6 Å². The topological polar surface area (TPSA) is 54.0 Å². The largest absolute Gasteiger partial charge is 0.416 e. The van der Waals surface area contributed by atoms with Crippen LogP contribution in [0.2, 0.25) is 0 Å². The van der Waals surface area contributed by atoms with E-state index in [4.69, 9.17) is 0 Å². The van der Waals surface area contributed by atoms with Crippen molar-refractivity contribution in [2.24, 2.45) is 0 Å². The minimum Gasteiger partial charge on any atom is -0.309 e. The molecule has 0 aromatic carbocycles. The fourth-order valence-electron chi connectivity index (χ4n) is 1.96. The Labute approximate surface area is 108 Å². The van der Waals surface area contributed by atoms with Crippen LogP contribution in [0, 0.1) is 0 Å². The summed E-state index contributed by atoms with van der Waals surface area (Å²) in [4.78, 5) is 15.6. The van der Waals surface area contributed by atoms with Crippen LogP contribution in [0.25, 0.3) is 0 Å². The lowest BCUT2D eigenvalue weighted by atomic mass is 10.0. The van der Waals surface area contributed by atoms with Crippen LogP contribution in [0.4, 0.5) is 19.0 Å². The predicted octanol–water partition coefficient (Wildman–Crippen LogP) is 2.18. The molecule has 19 heavy (non-hydrogen) atoms. The average Bonchev–Trinajstić information content (AvgIpc) is 2.39. The molecule has 2 N–H and O–H groups in total. The second-order valence-corrected chi connectivity index (χ2v) is 4.42. The van der Waals surface area contributed by atoms with E-state index in [1.54, 1.807) is 0 Å². The number of hydrogen-bond acceptors (Lipinski definition) is 3. The molecule has 0 bridgehead atoms. The highest BCUT2D eigenvalue weighted by atomic mass is 19.4. The van der Waals surface area contributed by atoms with Gasteiger partial charge in [-0.15, -0.1) is 0 Å². The molecule has 1 aromatic rings. The third-order valence-electron chi connectivity index (χ3n) is 2.97. The molecule has 1 amide bonds.